The predicted octanol–water partition coefficient (Wildman–Crippen LogP) is 4.40. The minimum absolute atomic E-state index is 0.0160. The zero-order valence-corrected chi connectivity index (χ0v) is 18.4. The lowest BCUT2D eigenvalue weighted by Crippen LogP contribution is -2.35. The van der Waals surface area contributed by atoms with Crippen LogP contribution in [0.25, 0.3) is 0 Å². The van der Waals surface area contributed by atoms with Crippen LogP contribution in [-0.4, -0.2) is 27.5 Å². The molecule has 1 amide bonds. The maximum Gasteiger partial charge on any atom is 0.265 e. The van der Waals surface area contributed by atoms with E-state index in [1.807, 2.05) is 50.2 Å². The third-order valence-electron chi connectivity index (χ3n) is 5.43. The van der Waals surface area contributed by atoms with E-state index in [9.17, 15) is 13.2 Å². The van der Waals surface area contributed by atoms with Gasteiger partial charge in [0.05, 0.1) is 7.11 Å². The third kappa shape index (κ3) is 4.01. The molecule has 0 bridgehead atoms. The average Bonchev–Trinajstić information content (AvgIpc) is 3.10. The molecule has 0 aromatic heterocycles. The van der Waals surface area contributed by atoms with Gasteiger partial charge in [-0.1, -0.05) is 35.9 Å². The molecule has 0 unspecified atom stereocenters. The zero-order valence-electron chi connectivity index (χ0n) is 17.6. The number of anilines is 2. The number of hydrogen-bond donors (Lipinski definition) is 1. The first-order valence-electron chi connectivity index (χ1n) is 9.99. The Balaban J connectivity index is 1.71. The van der Waals surface area contributed by atoms with Crippen molar-refractivity contribution in [3.63, 3.8) is 0 Å². The quantitative estimate of drug-likeness (QED) is 0.643. The number of carbonyl (C=O) groups excluding carboxylic acids is 1. The summed E-state index contributed by atoms with van der Waals surface area (Å²) in [5, 5.41) is 0. The highest BCUT2D eigenvalue weighted by Crippen LogP contribution is 2.34. The lowest BCUT2D eigenvalue weighted by Gasteiger charge is -2.23. The van der Waals surface area contributed by atoms with Gasteiger partial charge in [0.25, 0.3) is 15.9 Å². The van der Waals surface area contributed by atoms with Crippen LogP contribution in [0.4, 0.5) is 11.4 Å². The largest absolute Gasteiger partial charge is 0.495 e. The summed E-state index contributed by atoms with van der Waals surface area (Å²) in [6.45, 7) is 3.91. The first-order chi connectivity index (χ1) is 14.8. The highest BCUT2D eigenvalue weighted by atomic mass is 32.2. The molecule has 0 saturated heterocycles. The van der Waals surface area contributed by atoms with E-state index in [0.29, 0.717) is 5.69 Å². The fourth-order valence-corrected chi connectivity index (χ4v) is 5.12. The summed E-state index contributed by atoms with van der Waals surface area (Å²) in [5.74, 6) is -0.0714. The van der Waals surface area contributed by atoms with Gasteiger partial charge in [-0.2, -0.15) is 0 Å². The third-order valence-corrected chi connectivity index (χ3v) is 6.83. The smallest absolute Gasteiger partial charge is 0.265 e. The Labute approximate surface area is 182 Å². The number of carbonyl (C=O) groups is 1. The molecule has 1 N–H and O–H groups in total. The highest BCUT2D eigenvalue weighted by Gasteiger charge is 2.32. The molecule has 0 radical (unpaired) electrons. The number of nitrogens with zero attached hydrogens (tertiary/aromatic N) is 1. The lowest BCUT2D eigenvalue weighted by molar-refractivity contribution is 0.0981. The van der Waals surface area contributed by atoms with E-state index in [4.69, 9.17) is 4.74 Å². The Hall–Kier alpha value is -3.32. The summed E-state index contributed by atoms with van der Waals surface area (Å²) in [6.07, 6.45) is 0.762. The van der Waals surface area contributed by atoms with Crippen molar-refractivity contribution in [3.8, 4) is 5.75 Å². The van der Waals surface area contributed by atoms with Crippen molar-refractivity contribution in [2.24, 2.45) is 0 Å². The Bertz CT molecular complexity index is 1240. The lowest BCUT2D eigenvalue weighted by atomic mass is 10.1. The molecule has 3 aromatic carbocycles. The van der Waals surface area contributed by atoms with Gasteiger partial charge in [0.15, 0.2) is 0 Å². The molecule has 1 aliphatic heterocycles. The molecule has 7 heteroatoms. The number of aryl methyl sites for hydroxylation is 1. The number of amides is 1. The van der Waals surface area contributed by atoms with Gasteiger partial charge in [-0.3, -0.25) is 9.52 Å². The van der Waals surface area contributed by atoms with E-state index in [-0.39, 0.29) is 28.2 Å². The molecule has 6 nitrogen and oxygen atoms in total. The summed E-state index contributed by atoms with van der Waals surface area (Å²) >= 11 is 0. The van der Waals surface area contributed by atoms with Crippen LogP contribution in [0, 0.1) is 6.92 Å². The van der Waals surface area contributed by atoms with Gasteiger partial charge in [0.1, 0.15) is 10.6 Å². The van der Waals surface area contributed by atoms with E-state index < -0.39 is 10.0 Å². The minimum Gasteiger partial charge on any atom is -0.495 e. The monoisotopic (exact) mass is 436 g/mol. The molecule has 3 aromatic rings. The van der Waals surface area contributed by atoms with Crippen molar-refractivity contribution in [2.45, 2.75) is 31.2 Å². The van der Waals surface area contributed by atoms with E-state index in [1.54, 1.807) is 23.1 Å². The number of para-hydroxylation sites is 1. The fourth-order valence-electron chi connectivity index (χ4n) is 3.87. The van der Waals surface area contributed by atoms with Crippen molar-refractivity contribution < 1.29 is 17.9 Å². The molecule has 1 aliphatic rings. The molecule has 4 rings (SSSR count). The van der Waals surface area contributed by atoms with Crippen LogP contribution in [0.1, 0.15) is 28.4 Å². The van der Waals surface area contributed by atoms with Crippen molar-refractivity contribution in [1.82, 2.24) is 0 Å². The summed E-state index contributed by atoms with van der Waals surface area (Å²) < 4.78 is 34.1. The summed E-state index contributed by atoms with van der Waals surface area (Å²) in [6, 6.07) is 19.3. The Morgan fingerprint density at radius 2 is 1.77 bits per heavy atom. The summed E-state index contributed by atoms with van der Waals surface area (Å²) in [5.41, 5.74) is 3.71. The van der Waals surface area contributed by atoms with Crippen LogP contribution >= 0.6 is 0 Å². The second-order valence-corrected chi connectivity index (χ2v) is 9.34. The van der Waals surface area contributed by atoms with Gasteiger partial charge in [-0.05, 0) is 62.2 Å². The predicted molar refractivity (Wildman–Crippen MR) is 121 cm³/mol. The maximum absolute atomic E-state index is 13.4. The number of nitrogens with one attached hydrogen (secondary N) is 1. The van der Waals surface area contributed by atoms with Gasteiger partial charge >= 0.3 is 0 Å². The van der Waals surface area contributed by atoms with Crippen LogP contribution in [-0.2, 0) is 16.4 Å². The first kappa shape index (κ1) is 20.9. The van der Waals surface area contributed by atoms with Crippen molar-refractivity contribution >= 4 is 27.3 Å². The van der Waals surface area contributed by atoms with Crippen LogP contribution in [0.3, 0.4) is 0 Å². The van der Waals surface area contributed by atoms with E-state index in [0.717, 1.165) is 23.2 Å². The Kier molecular flexibility index (Phi) is 5.45. The number of hydrogen-bond acceptors (Lipinski definition) is 4. The maximum atomic E-state index is 13.4. The number of sulfonamides is 1. The second kappa shape index (κ2) is 8.07. The first-order valence-corrected chi connectivity index (χ1v) is 11.5. The van der Waals surface area contributed by atoms with Gasteiger partial charge in [0.2, 0.25) is 0 Å². The molecule has 0 aliphatic carbocycles. The Morgan fingerprint density at radius 1 is 1.06 bits per heavy atom. The number of benzene rings is 3. The van der Waals surface area contributed by atoms with Crippen LogP contribution in [0.5, 0.6) is 5.75 Å². The van der Waals surface area contributed by atoms with E-state index in [2.05, 4.69) is 4.72 Å². The number of rotatable bonds is 5. The standard InChI is InChI=1S/C24H24N2O4S/c1-16-8-11-20(12-9-16)25-31(28,29)23-15-19(10-13-22(23)30-3)24(27)26-17(2)14-18-6-4-5-7-21(18)26/h4-13,15,17,25H,14H2,1-3H3/t17-/m1/s1. The van der Waals surface area contributed by atoms with Gasteiger partial charge < -0.3 is 9.64 Å². The molecule has 160 valence electrons. The molecular weight excluding hydrogens is 412 g/mol. The van der Waals surface area contributed by atoms with Gasteiger partial charge in [-0.25, -0.2) is 8.42 Å². The van der Waals surface area contributed by atoms with Crippen LogP contribution in [0.15, 0.2) is 71.6 Å². The van der Waals surface area contributed by atoms with Crippen molar-refractivity contribution in [1.29, 1.82) is 0 Å². The normalized spacial score (nSPS) is 15.5. The summed E-state index contributed by atoms with van der Waals surface area (Å²) in [4.78, 5) is 15.0. The highest BCUT2D eigenvalue weighted by molar-refractivity contribution is 7.92. The average molecular weight is 437 g/mol. The van der Waals surface area contributed by atoms with Crippen LogP contribution in [0.2, 0.25) is 0 Å². The van der Waals surface area contributed by atoms with Crippen LogP contribution < -0.4 is 14.4 Å². The molecule has 1 heterocycles. The summed E-state index contributed by atoms with van der Waals surface area (Å²) in [7, 11) is -2.56. The molecule has 31 heavy (non-hydrogen) atoms. The topological polar surface area (TPSA) is 75.7 Å². The fraction of sp³-hybridized carbons (Fsp3) is 0.208. The number of methoxy groups -OCH3 is 1. The SMILES string of the molecule is COc1ccc(C(=O)N2c3ccccc3C[C@H]2C)cc1S(=O)(=O)Nc1ccc(C)cc1. The molecule has 0 fully saturated rings. The zero-order chi connectivity index (χ0) is 22.2. The van der Waals surface area contributed by atoms with E-state index in [1.165, 1.54) is 19.2 Å². The van der Waals surface area contributed by atoms with Gasteiger partial charge in [-0.15, -0.1) is 0 Å². The molecule has 0 spiro atoms. The Morgan fingerprint density at radius 3 is 2.48 bits per heavy atom. The number of fused-ring (bicyclic) bond motifs is 1. The molecular formula is C24H24N2O4S. The second-order valence-electron chi connectivity index (χ2n) is 7.69. The van der Waals surface area contributed by atoms with Crippen molar-refractivity contribution in [3.05, 3.63) is 83.4 Å². The minimum atomic E-state index is -3.97. The molecule has 1 atom stereocenters. The molecule has 0 saturated carbocycles. The number of ether oxygens (including phenoxy) is 1. The van der Waals surface area contributed by atoms with E-state index >= 15 is 0 Å². The van der Waals surface area contributed by atoms with Crippen molar-refractivity contribution in [2.75, 3.05) is 16.7 Å². The van der Waals surface area contributed by atoms with Gasteiger partial charge in [0, 0.05) is 23.0 Å².